The number of aliphatic hydroxyl groups excluding tert-OH is 1. The number of morpholine rings is 1. The van der Waals surface area contributed by atoms with Gasteiger partial charge in [-0.1, -0.05) is 18.2 Å². The SMILES string of the molecule is COc1ccc([C@@H]2[C@@H](CO)OCCN2C(=O)CCn2cnc3ccccc32)cc1OC. The van der Waals surface area contributed by atoms with Crippen molar-refractivity contribution >= 4 is 16.9 Å². The van der Waals surface area contributed by atoms with Gasteiger partial charge in [0.25, 0.3) is 0 Å². The van der Waals surface area contributed by atoms with Gasteiger partial charge in [0, 0.05) is 19.5 Å². The second-order valence-corrected chi connectivity index (χ2v) is 7.41. The first-order valence-electron chi connectivity index (χ1n) is 10.3. The Labute approximate surface area is 181 Å². The summed E-state index contributed by atoms with van der Waals surface area (Å²) in [6.45, 7) is 1.18. The van der Waals surface area contributed by atoms with Gasteiger partial charge in [0.05, 0.1) is 50.8 Å². The van der Waals surface area contributed by atoms with E-state index in [9.17, 15) is 9.90 Å². The maximum atomic E-state index is 13.3. The number of carbonyl (C=O) groups excluding carboxylic acids is 1. The van der Waals surface area contributed by atoms with Crippen LogP contribution in [0.5, 0.6) is 11.5 Å². The number of fused-ring (bicyclic) bond motifs is 1. The molecule has 0 aliphatic carbocycles. The lowest BCUT2D eigenvalue weighted by atomic mass is 9.97. The lowest BCUT2D eigenvalue weighted by molar-refractivity contribution is -0.150. The standard InChI is InChI=1S/C23H27N3O5/c1-29-19-8-7-16(13-20(19)30-2)23-21(14-27)31-12-11-26(23)22(28)9-10-25-15-24-17-5-3-4-6-18(17)25/h3-8,13,15,21,23,27H,9-12,14H2,1-2H3/t21-,23-/m1/s1. The van der Waals surface area contributed by atoms with Crippen molar-refractivity contribution in [1.82, 2.24) is 14.5 Å². The third-order valence-electron chi connectivity index (χ3n) is 5.70. The minimum Gasteiger partial charge on any atom is -0.493 e. The quantitative estimate of drug-likeness (QED) is 0.626. The Bertz CT molecular complexity index is 1050. The molecule has 1 fully saturated rings. The minimum absolute atomic E-state index is 0.000633. The maximum absolute atomic E-state index is 13.3. The molecule has 1 aliphatic heterocycles. The molecule has 2 heterocycles. The number of hydrogen-bond donors (Lipinski definition) is 1. The van der Waals surface area contributed by atoms with Gasteiger partial charge in [-0.2, -0.15) is 0 Å². The van der Waals surface area contributed by atoms with Crippen molar-refractivity contribution in [2.75, 3.05) is 34.0 Å². The molecule has 1 aliphatic rings. The summed E-state index contributed by atoms with van der Waals surface area (Å²) >= 11 is 0. The van der Waals surface area contributed by atoms with Gasteiger partial charge in [0.15, 0.2) is 11.5 Å². The van der Waals surface area contributed by atoms with E-state index < -0.39 is 12.1 Å². The summed E-state index contributed by atoms with van der Waals surface area (Å²) in [6.07, 6.45) is 1.58. The molecule has 4 rings (SSSR count). The van der Waals surface area contributed by atoms with Crippen LogP contribution in [-0.2, 0) is 16.1 Å². The Kier molecular flexibility index (Phi) is 6.39. The highest BCUT2D eigenvalue weighted by Crippen LogP contribution is 2.36. The number of carbonyl (C=O) groups is 1. The summed E-state index contributed by atoms with van der Waals surface area (Å²) in [4.78, 5) is 19.4. The summed E-state index contributed by atoms with van der Waals surface area (Å²) in [7, 11) is 3.15. The predicted molar refractivity (Wildman–Crippen MR) is 115 cm³/mol. The third-order valence-corrected chi connectivity index (χ3v) is 5.70. The monoisotopic (exact) mass is 425 g/mol. The van der Waals surface area contributed by atoms with E-state index in [1.807, 2.05) is 41.0 Å². The molecule has 0 radical (unpaired) electrons. The highest BCUT2D eigenvalue weighted by atomic mass is 16.5. The van der Waals surface area contributed by atoms with Crippen molar-refractivity contribution in [3.05, 3.63) is 54.4 Å². The van der Waals surface area contributed by atoms with Gasteiger partial charge in [0.1, 0.15) is 6.10 Å². The van der Waals surface area contributed by atoms with Gasteiger partial charge in [-0.05, 0) is 29.8 Å². The average molecular weight is 425 g/mol. The first kappa shape index (κ1) is 21.1. The Hall–Kier alpha value is -3.10. The molecule has 2 aromatic carbocycles. The summed E-state index contributed by atoms with van der Waals surface area (Å²) < 4.78 is 18.5. The van der Waals surface area contributed by atoms with Crippen molar-refractivity contribution in [3.8, 4) is 11.5 Å². The molecule has 1 N–H and O–H groups in total. The summed E-state index contributed by atoms with van der Waals surface area (Å²) in [5, 5.41) is 9.92. The van der Waals surface area contributed by atoms with Gasteiger partial charge in [-0.25, -0.2) is 4.98 Å². The molecule has 1 aromatic heterocycles. The van der Waals surface area contributed by atoms with Crippen LogP contribution >= 0.6 is 0 Å². The molecule has 164 valence electrons. The Morgan fingerprint density at radius 3 is 2.77 bits per heavy atom. The van der Waals surface area contributed by atoms with Crippen LogP contribution in [0.1, 0.15) is 18.0 Å². The molecule has 3 aromatic rings. The fourth-order valence-corrected chi connectivity index (χ4v) is 4.15. The summed E-state index contributed by atoms with van der Waals surface area (Å²) in [5.74, 6) is 1.17. The van der Waals surface area contributed by atoms with E-state index in [-0.39, 0.29) is 12.5 Å². The van der Waals surface area contributed by atoms with Crippen LogP contribution in [0.4, 0.5) is 0 Å². The lowest BCUT2D eigenvalue weighted by Crippen LogP contribution is -2.49. The number of aryl methyl sites for hydroxylation is 1. The molecule has 0 saturated carbocycles. The summed E-state index contributed by atoms with van der Waals surface area (Å²) in [5.41, 5.74) is 2.74. The molecule has 0 bridgehead atoms. The van der Waals surface area contributed by atoms with Crippen LogP contribution in [-0.4, -0.2) is 65.5 Å². The molecule has 31 heavy (non-hydrogen) atoms. The largest absolute Gasteiger partial charge is 0.493 e. The van der Waals surface area contributed by atoms with E-state index in [0.717, 1.165) is 16.6 Å². The molecule has 1 amide bonds. The van der Waals surface area contributed by atoms with Crippen LogP contribution in [0.2, 0.25) is 0 Å². The lowest BCUT2D eigenvalue weighted by Gasteiger charge is -2.41. The van der Waals surface area contributed by atoms with Crippen molar-refractivity contribution in [3.63, 3.8) is 0 Å². The van der Waals surface area contributed by atoms with Crippen LogP contribution < -0.4 is 9.47 Å². The maximum Gasteiger partial charge on any atom is 0.225 e. The molecule has 8 heteroatoms. The zero-order valence-electron chi connectivity index (χ0n) is 17.7. The highest BCUT2D eigenvalue weighted by Gasteiger charge is 2.36. The number of imidazole rings is 1. The van der Waals surface area contributed by atoms with Crippen LogP contribution in [0.3, 0.4) is 0 Å². The summed E-state index contributed by atoms with van der Waals surface area (Å²) in [6, 6.07) is 13.0. The van der Waals surface area contributed by atoms with Gasteiger partial charge in [-0.3, -0.25) is 4.79 Å². The Morgan fingerprint density at radius 2 is 2.00 bits per heavy atom. The fourth-order valence-electron chi connectivity index (χ4n) is 4.15. The van der Waals surface area contributed by atoms with Crippen molar-refractivity contribution in [1.29, 1.82) is 0 Å². The number of aliphatic hydroxyl groups is 1. The number of para-hydroxylation sites is 2. The number of rotatable bonds is 7. The predicted octanol–water partition coefficient (Wildman–Crippen LogP) is 2.40. The minimum atomic E-state index is -0.509. The molecule has 2 atom stereocenters. The topological polar surface area (TPSA) is 86.0 Å². The molecule has 0 unspecified atom stereocenters. The number of hydrogen-bond acceptors (Lipinski definition) is 6. The van der Waals surface area contributed by atoms with Crippen molar-refractivity contribution in [2.24, 2.45) is 0 Å². The van der Waals surface area contributed by atoms with Gasteiger partial charge < -0.3 is 28.8 Å². The third kappa shape index (κ3) is 4.22. The molecule has 0 spiro atoms. The number of aromatic nitrogens is 2. The van der Waals surface area contributed by atoms with E-state index in [1.54, 1.807) is 31.5 Å². The van der Waals surface area contributed by atoms with E-state index >= 15 is 0 Å². The first-order chi connectivity index (χ1) is 15.2. The van der Waals surface area contributed by atoms with E-state index in [2.05, 4.69) is 4.98 Å². The fraction of sp³-hybridized carbons (Fsp3) is 0.391. The van der Waals surface area contributed by atoms with Crippen LogP contribution in [0.15, 0.2) is 48.8 Å². The van der Waals surface area contributed by atoms with Crippen molar-refractivity contribution in [2.45, 2.75) is 25.1 Å². The normalized spacial score (nSPS) is 18.9. The number of ether oxygens (including phenoxy) is 3. The van der Waals surface area contributed by atoms with Crippen LogP contribution in [0, 0.1) is 0 Å². The second kappa shape index (κ2) is 9.36. The molecule has 1 saturated heterocycles. The number of nitrogens with zero attached hydrogens (tertiary/aromatic N) is 3. The van der Waals surface area contributed by atoms with E-state index in [0.29, 0.717) is 37.6 Å². The smallest absolute Gasteiger partial charge is 0.225 e. The zero-order chi connectivity index (χ0) is 21.8. The molecular weight excluding hydrogens is 398 g/mol. The van der Waals surface area contributed by atoms with Gasteiger partial charge >= 0.3 is 0 Å². The number of benzene rings is 2. The van der Waals surface area contributed by atoms with Crippen LogP contribution in [0.25, 0.3) is 11.0 Å². The average Bonchev–Trinajstić information content (AvgIpc) is 3.24. The zero-order valence-corrected chi connectivity index (χ0v) is 17.7. The van der Waals surface area contributed by atoms with Crippen molar-refractivity contribution < 1.29 is 24.1 Å². The number of amides is 1. The molecule has 8 nitrogen and oxygen atoms in total. The van der Waals surface area contributed by atoms with Gasteiger partial charge in [-0.15, -0.1) is 0 Å². The highest BCUT2D eigenvalue weighted by molar-refractivity contribution is 5.78. The second-order valence-electron chi connectivity index (χ2n) is 7.41. The first-order valence-corrected chi connectivity index (χ1v) is 10.3. The van der Waals surface area contributed by atoms with E-state index in [4.69, 9.17) is 14.2 Å². The number of methoxy groups -OCH3 is 2. The van der Waals surface area contributed by atoms with Gasteiger partial charge in [0.2, 0.25) is 5.91 Å². The van der Waals surface area contributed by atoms with E-state index in [1.165, 1.54) is 0 Å². The Balaban J connectivity index is 1.56. The Morgan fingerprint density at radius 1 is 1.19 bits per heavy atom. The molecular formula is C23H27N3O5.